The van der Waals surface area contributed by atoms with Gasteiger partial charge < -0.3 is 10.1 Å². The molecule has 0 aliphatic carbocycles. The summed E-state index contributed by atoms with van der Waals surface area (Å²) < 4.78 is 6.69. The Morgan fingerprint density at radius 2 is 2.03 bits per heavy atom. The Morgan fingerprint density at radius 1 is 1.19 bits per heavy atom. The Balaban J connectivity index is 1.64. The van der Waals surface area contributed by atoms with E-state index in [9.17, 15) is 9.59 Å². The maximum atomic E-state index is 13.1. The van der Waals surface area contributed by atoms with Crippen molar-refractivity contribution in [2.24, 2.45) is 0 Å². The number of methoxy groups -OCH3 is 1. The van der Waals surface area contributed by atoms with Crippen LogP contribution in [0.4, 0.5) is 5.69 Å². The molecule has 0 aliphatic rings. The number of anilines is 1. The number of halogens is 1. The van der Waals surface area contributed by atoms with Crippen LogP contribution in [0.1, 0.15) is 6.92 Å². The number of ether oxygens (including phenoxy) is 1. The van der Waals surface area contributed by atoms with Gasteiger partial charge in [0.1, 0.15) is 0 Å². The quantitative estimate of drug-likeness (QED) is 0.320. The number of rotatable bonds is 7. The second-order valence-corrected chi connectivity index (χ2v) is 8.87. The first-order chi connectivity index (χ1) is 15.5. The number of nitrogens with zero attached hydrogens (tertiary/aromatic N) is 3. The van der Waals surface area contributed by atoms with Crippen LogP contribution in [-0.2, 0) is 16.1 Å². The molecule has 0 spiro atoms. The van der Waals surface area contributed by atoms with Gasteiger partial charge >= 0.3 is 0 Å². The van der Waals surface area contributed by atoms with E-state index in [1.165, 1.54) is 16.3 Å². The lowest BCUT2D eigenvalue weighted by molar-refractivity contribution is -0.115. The molecule has 4 rings (SSSR count). The molecule has 9 heteroatoms. The van der Waals surface area contributed by atoms with Crippen LogP contribution in [0.5, 0.6) is 0 Å². The van der Waals surface area contributed by atoms with Crippen molar-refractivity contribution in [3.05, 3.63) is 70.1 Å². The third-order valence-electron chi connectivity index (χ3n) is 4.96. The van der Waals surface area contributed by atoms with E-state index >= 15 is 0 Å². The van der Waals surface area contributed by atoms with Gasteiger partial charge in [0.15, 0.2) is 5.16 Å². The van der Waals surface area contributed by atoms with Crippen molar-refractivity contribution in [3.8, 4) is 0 Å². The monoisotopic (exact) mass is 468 g/mol. The summed E-state index contributed by atoms with van der Waals surface area (Å²) in [5.41, 5.74) is 1.78. The Morgan fingerprint density at radius 3 is 2.84 bits per heavy atom. The Labute approximate surface area is 193 Å². The van der Waals surface area contributed by atoms with Crippen LogP contribution in [0.2, 0.25) is 5.02 Å². The smallest absolute Gasteiger partial charge is 0.262 e. The summed E-state index contributed by atoms with van der Waals surface area (Å²) in [4.78, 5) is 35.0. The molecule has 32 heavy (non-hydrogen) atoms. The summed E-state index contributed by atoms with van der Waals surface area (Å²) in [5, 5.41) is 4.70. The molecule has 0 saturated heterocycles. The van der Waals surface area contributed by atoms with Gasteiger partial charge in [-0.1, -0.05) is 29.4 Å². The van der Waals surface area contributed by atoms with Gasteiger partial charge in [-0.25, -0.2) is 4.98 Å². The fraction of sp³-hybridized carbons (Fsp3) is 0.217. The summed E-state index contributed by atoms with van der Waals surface area (Å²) in [6, 6.07) is 14.3. The minimum atomic E-state index is -0.515. The molecule has 7 nitrogen and oxygen atoms in total. The topological polar surface area (TPSA) is 86.1 Å². The molecule has 164 valence electrons. The van der Waals surface area contributed by atoms with Crippen LogP contribution in [0.15, 0.2) is 64.7 Å². The van der Waals surface area contributed by atoms with E-state index in [0.717, 1.165) is 10.9 Å². The number of nitrogens with one attached hydrogen (secondary N) is 1. The number of fused-ring (bicyclic) bond motifs is 2. The maximum Gasteiger partial charge on any atom is 0.262 e. The Hall–Kier alpha value is -2.94. The third kappa shape index (κ3) is 4.62. The van der Waals surface area contributed by atoms with Crippen LogP contribution < -0.4 is 10.9 Å². The zero-order chi connectivity index (χ0) is 22.7. The molecular weight excluding hydrogens is 448 g/mol. The molecule has 2 aromatic carbocycles. The third-order valence-corrected chi connectivity index (χ3v) is 6.28. The molecule has 0 fully saturated rings. The number of thioether (sulfide) groups is 1. The first kappa shape index (κ1) is 22.3. The van der Waals surface area contributed by atoms with Crippen molar-refractivity contribution < 1.29 is 9.53 Å². The van der Waals surface area contributed by atoms with E-state index in [1.807, 2.05) is 30.3 Å². The summed E-state index contributed by atoms with van der Waals surface area (Å²) >= 11 is 7.31. The zero-order valence-electron chi connectivity index (χ0n) is 17.5. The predicted molar refractivity (Wildman–Crippen MR) is 129 cm³/mol. The minimum Gasteiger partial charge on any atom is -0.383 e. The molecule has 1 amide bonds. The zero-order valence-corrected chi connectivity index (χ0v) is 19.1. The SMILES string of the molecule is COCCn1c(SC(C)C(=O)Nc2cccc3ncccc23)nc2cc(Cl)ccc2c1=O. The number of hydrogen-bond donors (Lipinski definition) is 1. The number of hydrogen-bond acceptors (Lipinski definition) is 6. The molecule has 2 aromatic heterocycles. The van der Waals surface area contributed by atoms with Crippen molar-refractivity contribution in [3.63, 3.8) is 0 Å². The van der Waals surface area contributed by atoms with Gasteiger partial charge in [0.2, 0.25) is 5.91 Å². The van der Waals surface area contributed by atoms with Crippen LogP contribution in [-0.4, -0.2) is 39.4 Å². The molecule has 1 atom stereocenters. The van der Waals surface area contributed by atoms with Gasteiger partial charge in [-0.05, 0) is 49.4 Å². The van der Waals surface area contributed by atoms with Gasteiger partial charge in [0.05, 0.1) is 40.5 Å². The van der Waals surface area contributed by atoms with E-state index in [1.54, 1.807) is 38.4 Å². The van der Waals surface area contributed by atoms with E-state index < -0.39 is 5.25 Å². The lowest BCUT2D eigenvalue weighted by Crippen LogP contribution is -2.28. The molecule has 1 N–H and O–H groups in total. The summed E-state index contributed by atoms with van der Waals surface area (Å²) in [6.45, 7) is 2.45. The maximum absolute atomic E-state index is 13.1. The van der Waals surface area contributed by atoms with E-state index in [4.69, 9.17) is 16.3 Å². The highest BCUT2D eigenvalue weighted by Crippen LogP contribution is 2.26. The van der Waals surface area contributed by atoms with Crippen molar-refractivity contribution in [1.82, 2.24) is 14.5 Å². The van der Waals surface area contributed by atoms with Crippen molar-refractivity contribution in [1.29, 1.82) is 0 Å². The number of aromatic nitrogens is 3. The van der Waals surface area contributed by atoms with E-state index in [0.29, 0.717) is 39.9 Å². The fourth-order valence-corrected chi connectivity index (χ4v) is 4.40. The van der Waals surface area contributed by atoms with Crippen LogP contribution in [0.3, 0.4) is 0 Å². The largest absolute Gasteiger partial charge is 0.383 e. The number of amides is 1. The standard InChI is InChI=1S/C23H21ClN4O3S/c1-14(21(29)26-19-7-3-6-18-16(19)5-4-10-25-18)32-23-27-20-13-15(24)8-9-17(20)22(30)28(23)11-12-31-2/h3-10,13-14H,11-12H2,1-2H3,(H,26,29). The second kappa shape index (κ2) is 9.68. The molecule has 2 heterocycles. The molecule has 0 radical (unpaired) electrons. The van der Waals surface area contributed by atoms with E-state index in [-0.39, 0.29) is 11.5 Å². The average molecular weight is 469 g/mol. The van der Waals surface area contributed by atoms with Crippen molar-refractivity contribution in [2.45, 2.75) is 23.9 Å². The van der Waals surface area contributed by atoms with E-state index in [2.05, 4.69) is 15.3 Å². The number of carbonyl (C=O) groups is 1. The molecule has 0 aliphatic heterocycles. The summed E-state index contributed by atoms with van der Waals surface area (Å²) in [6.07, 6.45) is 1.71. The predicted octanol–water partition coefficient (Wildman–Crippen LogP) is 4.36. The Bertz CT molecular complexity index is 1350. The average Bonchev–Trinajstić information content (AvgIpc) is 2.79. The number of pyridine rings is 1. The first-order valence-electron chi connectivity index (χ1n) is 9.98. The molecule has 1 unspecified atom stereocenters. The lowest BCUT2D eigenvalue weighted by Gasteiger charge is -2.17. The number of benzene rings is 2. The summed E-state index contributed by atoms with van der Waals surface area (Å²) in [5.74, 6) is -0.204. The van der Waals surface area contributed by atoms with Crippen molar-refractivity contribution >= 4 is 56.8 Å². The molecule has 4 aromatic rings. The van der Waals surface area contributed by atoms with Gasteiger partial charge in [-0.2, -0.15) is 0 Å². The van der Waals surface area contributed by atoms with Crippen LogP contribution in [0, 0.1) is 0 Å². The lowest BCUT2D eigenvalue weighted by atomic mass is 10.2. The molecule has 0 bridgehead atoms. The van der Waals surface area contributed by atoms with Crippen molar-refractivity contribution in [2.75, 3.05) is 19.0 Å². The van der Waals surface area contributed by atoms with Gasteiger partial charge in [0, 0.05) is 23.7 Å². The highest BCUT2D eigenvalue weighted by Gasteiger charge is 2.20. The van der Waals surface area contributed by atoms with Crippen LogP contribution in [0.25, 0.3) is 21.8 Å². The van der Waals surface area contributed by atoms with Gasteiger partial charge in [-0.15, -0.1) is 0 Å². The molecule has 0 saturated carbocycles. The fourth-order valence-electron chi connectivity index (χ4n) is 3.30. The Kier molecular flexibility index (Phi) is 6.74. The highest BCUT2D eigenvalue weighted by atomic mass is 35.5. The number of carbonyl (C=O) groups excluding carboxylic acids is 1. The summed E-state index contributed by atoms with van der Waals surface area (Å²) in [7, 11) is 1.57. The van der Waals surface area contributed by atoms with Gasteiger partial charge in [-0.3, -0.25) is 19.1 Å². The molecular formula is C23H21ClN4O3S. The van der Waals surface area contributed by atoms with Gasteiger partial charge in [0.25, 0.3) is 5.56 Å². The first-order valence-corrected chi connectivity index (χ1v) is 11.2. The highest BCUT2D eigenvalue weighted by molar-refractivity contribution is 8.00. The minimum absolute atomic E-state index is 0.195. The normalized spacial score (nSPS) is 12.2. The van der Waals surface area contributed by atoms with Crippen LogP contribution >= 0.6 is 23.4 Å². The second-order valence-electron chi connectivity index (χ2n) is 7.13.